The molecule has 1 heterocycles. The molecule has 1 saturated carbocycles. The third-order valence-electron chi connectivity index (χ3n) is 3.61. The van der Waals surface area contributed by atoms with E-state index < -0.39 is 0 Å². The van der Waals surface area contributed by atoms with Crippen LogP contribution >= 0.6 is 0 Å². The molecule has 0 spiro atoms. The topological polar surface area (TPSA) is 51.2 Å². The summed E-state index contributed by atoms with van der Waals surface area (Å²) in [5.41, 5.74) is 1.15. The zero-order chi connectivity index (χ0) is 14.5. The van der Waals surface area contributed by atoms with Crippen molar-refractivity contribution in [2.45, 2.75) is 31.8 Å². The first kappa shape index (κ1) is 13.6. The number of benzene rings is 1. The molecule has 1 aliphatic carbocycles. The fourth-order valence-corrected chi connectivity index (χ4v) is 2.51. The molecule has 1 N–H and O–H groups in total. The van der Waals surface area contributed by atoms with Crippen molar-refractivity contribution in [3.05, 3.63) is 54.4 Å². The maximum absolute atomic E-state index is 12.0. The van der Waals surface area contributed by atoms with E-state index in [0.717, 1.165) is 24.3 Å². The number of nitrogens with zero attached hydrogens (tertiary/aromatic N) is 1. The van der Waals surface area contributed by atoms with E-state index in [-0.39, 0.29) is 5.91 Å². The van der Waals surface area contributed by atoms with Gasteiger partial charge < -0.3 is 10.1 Å². The summed E-state index contributed by atoms with van der Waals surface area (Å²) in [5.74, 6) is 0.651. The molecule has 4 nitrogen and oxygen atoms in total. The molecule has 4 heteroatoms. The van der Waals surface area contributed by atoms with Gasteiger partial charge in [0, 0.05) is 11.9 Å². The third-order valence-corrected chi connectivity index (χ3v) is 3.61. The van der Waals surface area contributed by atoms with Crippen LogP contribution in [0.15, 0.2) is 48.7 Å². The van der Waals surface area contributed by atoms with Crippen LogP contribution in [0.25, 0.3) is 0 Å². The fraction of sp³-hybridized carbons (Fsp3) is 0.294. The predicted molar refractivity (Wildman–Crippen MR) is 81.5 cm³/mol. The number of carbonyl (C=O) groups is 1. The van der Waals surface area contributed by atoms with Gasteiger partial charge in [-0.2, -0.15) is 0 Å². The molecule has 1 aliphatic rings. The van der Waals surface area contributed by atoms with Gasteiger partial charge in [0.2, 0.25) is 0 Å². The Morgan fingerprint density at radius 1 is 1.10 bits per heavy atom. The fourth-order valence-electron chi connectivity index (χ4n) is 2.51. The minimum absolute atomic E-state index is 0.208. The standard InChI is InChI=1S/C17H18N2O2/c20-17(16-7-3-4-12-18-16)19-13-8-10-15(11-9-13)21-14-5-1-2-6-14/h3-4,7-12,14H,1-2,5-6H2,(H,19,20). The third kappa shape index (κ3) is 3.60. The number of pyridine rings is 1. The van der Waals surface area contributed by atoms with Crippen molar-refractivity contribution >= 4 is 11.6 Å². The van der Waals surface area contributed by atoms with Crippen molar-refractivity contribution in [3.63, 3.8) is 0 Å². The summed E-state index contributed by atoms with van der Waals surface area (Å²) in [6.07, 6.45) is 6.73. The van der Waals surface area contributed by atoms with Gasteiger partial charge in [-0.05, 0) is 62.1 Å². The lowest BCUT2D eigenvalue weighted by atomic mass is 10.2. The molecule has 0 unspecified atom stereocenters. The minimum atomic E-state index is -0.208. The number of aromatic nitrogens is 1. The summed E-state index contributed by atoms with van der Waals surface area (Å²) in [6, 6.07) is 12.8. The van der Waals surface area contributed by atoms with Crippen LogP contribution in [0.5, 0.6) is 5.75 Å². The lowest BCUT2D eigenvalue weighted by molar-refractivity contribution is 0.102. The minimum Gasteiger partial charge on any atom is -0.490 e. The Bertz CT molecular complexity index is 590. The van der Waals surface area contributed by atoms with Gasteiger partial charge in [-0.15, -0.1) is 0 Å². The van der Waals surface area contributed by atoms with Crippen molar-refractivity contribution in [3.8, 4) is 5.75 Å². The molecule has 0 bridgehead atoms. The lowest BCUT2D eigenvalue weighted by Gasteiger charge is -2.13. The van der Waals surface area contributed by atoms with Gasteiger partial charge in [0.1, 0.15) is 11.4 Å². The van der Waals surface area contributed by atoms with Crippen LogP contribution < -0.4 is 10.1 Å². The highest BCUT2D eigenvalue weighted by atomic mass is 16.5. The average Bonchev–Trinajstić information content (AvgIpc) is 3.03. The summed E-state index contributed by atoms with van der Waals surface area (Å²) in [4.78, 5) is 16.0. The SMILES string of the molecule is O=C(Nc1ccc(OC2CCCC2)cc1)c1ccccn1. The molecule has 1 amide bonds. The van der Waals surface area contributed by atoms with E-state index in [1.165, 1.54) is 12.8 Å². The van der Waals surface area contributed by atoms with Gasteiger partial charge in [0.05, 0.1) is 6.10 Å². The molecular formula is C17H18N2O2. The maximum Gasteiger partial charge on any atom is 0.274 e. The Balaban J connectivity index is 1.60. The van der Waals surface area contributed by atoms with Crippen LogP contribution in [-0.2, 0) is 0 Å². The Morgan fingerprint density at radius 2 is 1.86 bits per heavy atom. The predicted octanol–water partition coefficient (Wildman–Crippen LogP) is 3.66. The number of anilines is 1. The van der Waals surface area contributed by atoms with E-state index in [1.54, 1.807) is 24.4 Å². The Morgan fingerprint density at radius 3 is 2.52 bits per heavy atom. The number of nitrogens with one attached hydrogen (secondary N) is 1. The van der Waals surface area contributed by atoms with Crippen molar-refractivity contribution in [1.29, 1.82) is 0 Å². The Hall–Kier alpha value is -2.36. The smallest absolute Gasteiger partial charge is 0.274 e. The molecule has 0 radical (unpaired) electrons. The van der Waals surface area contributed by atoms with Crippen LogP contribution in [0.1, 0.15) is 36.2 Å². The number of ether oxygens (including phenoxy) is 1. The second kappa shape index (κ2) is 6.39. The summed E-state index contributed by atoms with van der Waals surface area (Å²) in [5, 5.41) is 2.82. The largest absolute Gasteiger partial charge is 0.490 e. The van der Waals surface area contributed by atoms with Gasteiger partial charge >= 0.3 is 0 Å². The van der Waals surface area contributed by atoms with Crippen LogP contribution in [0.3, 0.4) is 0 Å². The first-order chi connectivity index (χ1) is 10.3. The second-order valence-corrected chi connectivity index (χ2v) is 5.22. The van der Waals surface area contributed by atoms with Crippen LogP contribution in [0, 0.1) is 0 Å². The molecule has 2 aromatic rings. The molecule has 1 aromatic carbocycles. The summed E-state index contributed by atoms with van der Waals surface area (Å²) < 4.78 is 5.89. The number of rotatable bonds is 4. The van der Waals surface area contributed by atoms with Crippen LogP contribution in [0.2, 0.25) is 0 Å². The van der Waals surface area contributed by atoms with Gasteiger partial charge in [-0.25, -0.2) is 0 Å². The van der Waals surface area contributed by atoms with E-state index >= 15 is 0 Å². The van der Waals surface area contributed by atoms with Gasteiger partial charge in [0.15, 0.2) is 0 Å². The van der Waals surface area contributed by atoms with Gasteiger partial charge in [0.25, 0.3) is 5.91 Å². The summed E-state index contributed by atoms with van der Waals surface area (Å²) >= 11 is 0. The van der Waals surface area contributed by atoms with E-state index in [4.69, 9.17) is 4.74 Å². The Labute approximate surface area is 124 Å². The monoisotopic (exact) mass is 282 g/mol. The van der Waals surface area contributed by atoms with E-state index in [1.807, 2.05) is 24.3 Å². The highest BCUT2D eigenvalue weighted by molar-refractivity contribution is 6.02. The summed E-state index contributed by atoms with van der Waals surface area (Å²) in [6.45, 7) is 0. The molecule has 1 fully saturated rings. The molecule has 0 atom stereocenters. The zero-order valence-corrected chi connectivity index (χ0v) is 11.8. The quantitative estimate of drug-likeness (QED) is 0.931. The normalized spacial score (nSPS) is 14.9. The molecule has 108 valence electrons. The van der Waals surface area contributed by atoms with E-state index in [2.05, 4.69) is 10.3 Å². The maximum atomic E-state index is 12.0. The van der Waals surface area contributed by atoms with E-state index in [0.29, 0.717) is 11.8 Å². The number of carbonyl (C=O) groups excluding carboxylic acids is 1. The molecular weight excluding hydrogens is 264 g/mol. The van der Waals surface area contributed by atoms with Crippen molar-refractivity contribution in [2.24, 2.45) is 0 Å². The van der Waals surface area contributed by atoms with Crippen molar-refractivity contribution < 1.29 is 9.53 Å². The highest BCUT2D eigenvalue weighted by Crippen LogP contribution is 2.25. The first-order valence-corrected chi connectivity index (χ1v) is 7.30. The van der Waals surface area contributed by atoms with Crippen LogP contribution in [-0.4, -0.2) is 17.0 Å². The number of hydrogen-bond donors (Lipinski definition) is 1. The Kier molecular flexibility index (Phi) is 4.15. The van der Waals surface area contributed by atoms with Gasteiger partial charge in [-0.3, -0.25) is 9.78 Å². The van der Waals surface area contributed by atoms with Gasteiger partial charge in [-0.1, -0.05) is 6.07 Å². The van der Waals surface area contributed by atoms with E-state index in [9.17, 15) is 4.79 Å². The first-order valence-electron chi connectivity index (χ1n) is 7.30. The zero-order valence-electron chi connectivity index (χ0n) is 11.8. The van der Waals surface area contributed by atoms with Crippen molar-refractivity contribution in [2.75, 3.05) is 5.32 Å². The van der Waals surface area contributed by atoms with Crippen LogP contribution in [0.4, 0.5) is 5.69 Å². The molecule has 0 aliphatic heterocycles. The average molecular weight is 282 g/mol. The highest BCUT2D eigenvalue weighted by Gasteiger charge is 2.16. The molecule has 3 rings (SSSR count). The summed E-state index contributed by atoms with van der Waals surface area (Å²) in [7, 11) is 0. The molecule has 1 aromatic heterocycles. The second-order valence-electron chi connectivity index (χ2n) is 5.22. The molecule has 21 heavy (non-hydrogen) atoms. The number of hydrogen-bond acceptors (Lipinski definition) is 3. The lowest BCUT2D eigenvalue weighted by Crippen LogP contribution is -2.13. The van der Waals surface area contributed by atoms with Crippen molar-refractivity contribution in [1.82, 2.24) is 4.98 Å². The molecule has 0 saturated heterocycles. The number of amides is 1.